The number of nitro groups is 1. The van der Waals surface area contributed by atoms with Crippen LogP contribution in [-0.4, -0.2) is 55.1 Å². The Labute approximate surface area is 145 Å². The molecule has 25 heavy (non-hydrogen) atoms. The van der Waals surface area contributed by atoms with Gasteiger partial charge >= 0.3 is 0 Å². The van der Waals surface area contributed by atoms with Crippen molar-refractivity contribution in [1.29, 1.82) is 0 Å². The number of rotatable bonds is 4. The number of aromatic nitrogens is 1. The van der Waals surface area contributed by atoms with E-state index in [4.69, 9.17) is 0 Å². The number of hydrogen-bond donors (Lipinski definition) is 0. The molecular weight excluding hydrogens is 344 g/mol. The molecule has 0 aliphatic carbocycles. The molecule has 1 aliphatic heterocycles. The van der Waals surface area contributed by atoms with Gasteiger partial charge in [0.15, 0.2) is 5.69 Å². The molecule has 0 radical (unpaired) electrons. The fourth-order valence-electron chi connectivity index (χ4n) is 2.82. The number of pyridine rings is 1. The quantitative estimate of drug-likeness (QED) is 0.607. The van der Waals surface area contributed by atoms with Gasteiger partial charge in [-0.05, 0) is 6.07 Å². The minimum absolute atomic E-state index is 0.0512. The molecule has 0 N–H and O–H groups in total. The van der Waals surface area contributed by atoms with Gasteiger partial charge in [0.1, 0.15) is 5.82 Å². The summed E-state index contributed by atoms with van der Waals surface area (Å²) in [7, 11) is -3.20. The fourth-order valence-corrected chi connectivity index (χ4v) is 3.65. The maximum absolute atomic E-state index is 11.6. The Balaban J connectivity index is 1.90. The second-order valence-electron chi connectivity index (χ2n) is 5.81. The number of hydrogen-bond acceptors (Lipinski definition) is 6. The van der Waals surface area contributed by atoms with Crippen molar-refractivity contribution in [1.82, 2.24) is 9.29 Å². The van der Waals surface area contributed by atoms with Gasteiger partial charge in [0, 0.05) is 37.8 Å². The maximum Gasteiger partial charge on any atom is 0.295 e. The highest BCUT2D eigenvalue weighted by Crippen LogP contribution is 2.30. The molecule has 0 spiro atoms. The number of benzene rings is 1. The van der Waals surface area contributed by atoms with E-state index in [1.54, 1.807) is 30.3 Å². The highest BCUT2D eigenvalue weighted by Gasteiger charge is 2.25. The predicted octanol–water partition coefficient (Wildman–Crippen LogP) is 1.74. The standard InChI is InChI=1S/C16H18N4O4S/c1-25(23,24)19-11-9-18(10-12-19)15-8-7-14(20(21)22)16(17-15)13-5-3-2-4-6-13/h2-8H,9-12H2,1H3. The van der Waals surface area contributed by atoms with Crippen LogP contribution in [0.1, 0.15) is 0 Å². The van der Waals surface area contributed by atoms with E-state index in [2.05, 4.69) is 4.98 Å². The Bertz CT molecular complexity index is 878. The average molecular weight is 362 g/mol. The third-order valence-corrected chi connectivity index (χ3v) is 5.44. The Kier molecular flexibility index (Phi) is 4.69. The molecular formula is C16H18N4O4S. The van der Waals surface area contributed by atoms with Gasteiger partial charge in [-0.2, -0.15) is 4.31 Å². The predicted molar refractivity (Wildman–Crippen MR) is 95.0 cm³/mol. The molecule has 1 aliphatic rings. The van der Waals surface area contributed by atoms with E-state index in [0.717, 1.165) is 0 Å². The Morgan fingerprint density at radius 1 is 1.04 bits per heavy atom. The lowest BCUT2D eigenvalue weighted by molar-refractivity contribution is -0.384. The lowest BCUT2D eigenvalue weighted by atomic mass is 10.1. The summed E-state index contributed by atoms with van der Waals surface area (Å²) in [6.45, 7) is 1.73. The molecule has 1 aromatic carbocycles. The van der Waals surface area contributed by atoms with Crippen LogP contribution in [0.15, 0.2) is 42.5 Å². The Morgan fingerprint density at radius 2 is 1.68 bits per heavy atom. The zero-order valence-electron chi connectivity index (χ0n) is 13.7. The van der Waals surface area contributed by atoms with Gasteiger partial charge in [-0.25, -0.2) is 13.4 Å². The zero-order valence-corrected chi connectivity index (χ0v) is 14.5. The summed E-state index contributed by atoms with van der Waals surface area (Å²) in [5, 5.41) is 11.3. The molecule has 0 saturated carbocycles. The van der Waals surface area contributed by atoms with E-state index in [9.17, 15) is 18.5 Å². The van der Waals surface area contributed by atoms with E-state index >= 15 is 0 Å². The molecule has 1 saturated heterocycles. The summed E-state index contributed by atoms with van der Waals surface area (Å²) >= 11 is 0. The number of anilines is 1. The summed E-state index contributed by atoms with van der Waals surface area (Å²) in [5.74, 6) is 0.609. The van der Waals surface area contributed by atoms with Crippen molar-refractivity contribution in [3.63, 3.8) is 0 Å². The fraction of sp³-hybridized carbons (Fsp3) is 0.312. The molecule has 0 amide bonds. The van der Waals surface area contributed by atoms with Crippen molar-refractivity contribution >= 4 is 21.5 Å². The number of nitrogens with zero attached hydrogens (tertiary/aromatic N) is 4. The maximum atomic E-state index is 11.6. The summed E-state index contributed by atoms with van der Waals surface area (Å²) in [4.78, 5) is 17.3. The van der Waals surface area contributed by atoms with Crippen LogP contribution >= 0.6 is 0 Å². The van der Waals surface area contributed by atoms with Gasteiger partial charge in [-0.15, -0.1) is 0 Å². The van der Waals surface area contributed by atoms with Crippen LogP contribution in [0.2, 0.25) is 0 Å². The highest BCUT2D eigenvalue weighted by molar-refractivity contribution is 7.88. The number of piperazine rings is 1. The second-order valence-corrected chi connectivity index (χ2v) is 7.79. The third kappa shape index (κ3) is 3.77. The van der Waals surface area contributed by atoms with Crippen molar-refractivity contribution in [3.05, 3.63) is 52.6 Å². The minimum atomic E-state index is -3.20. The van der Waals surface area contributed by atoms with Crippen LogP contribution in [0.4, 0.5) is 11.5 Å². The monoisotopic (exact) mass is 362 g/mol. The van der Waals surface area contributed by atoms with Crippen molar-refractivity contribution in [3.8, 4) is 11.3 Å². The van der Waals surface area contributed by atoms with Gasteiger partial charge in [0.05, 0.1) is 11.2 Å². The SMILES string of the molecule is CS(=O)(=O)N1CCN(c2ccc([N+](=O)[O-])c(-c3ccccc3)n2)CC1. The van der Waals surface area contributed by atoms with Crippen molar-refractivity contribution in [2.75, 3.05) is 37.3 Å². The molecule has 2 heterocycles. The summed E-state index contributed by atoms with van der Waals surface area (Å²) < 4.78 is 24.6. The van der Waals surface area contributed by atoms with E-state index in [-0.39, 0.29) is 5.69 Å². The zero-order chi connectivity index (χ0) is 18.0. The van der Waals surface area contributed by atoms with E-state index in [0.29, 0.717) is 43.3 Å². The topological polar surface area (TPSA) is 96.7 Å². The van der Waals surface area contributed by atoms with Crippen LogP contribution in [-0.2, 0) is 10.0 Å². The molecule has 8 nitrogen and oxygen atoms in total. The van der Waals surface area contributed by atoms with Gasteiger partial charge in [-0.3, -0.25) is 10.1 Å². The van der Waals surface area contributed by atoms with Crippen LogP contribution in [0.3, 0.4) is 0 Å². The second kappa shape index (κ2) is 6.77. The first-order chi connectivity index (χ1) is 11.9. The minimum Gasteiger partial charge on any atom is -0.354 e. The summed E-state index contributed by atoms with van der Waals surface area (Å²) in [6.07, 6.45) is 1.19. The summed E-state index contributed by atoms with van der Waals surface area (Å²) in [5.41, 5.74) is 0.934. The van der Waals surface area contributed by atoms with Gasteiger partial charge < -0.3 is 4.90 Å². The van der Waals surface area contributed by atoms with Crippen LogP contribution in [0.25, 0.3) is 11.3 Å². The first-order valence-corrected chi connectivity index (χ1v) is 9.62. The summed E-state index contributed by atoms with van der Waals surface area (Å²) in [6, 6.07) is 12.1. The molecule has 2 aromatic rings. The molecule has 1 fully saturated rings. The molecule has 0 bridgehead atoms. The normalized spacial score (nSPS) is 16.0. The molecule has 1 aromatic heterocycles. The molecule has 0 atom stereocenters. The molecule has 0 unspecified atom stereocenters. The first-order valence-electron chi connectivity index (χ1n) is 7.77. The first kappa shape index (κ1) is 17.3. The van der Waals surface area contributed by atoms with Crippen LogP contribution in [0, 0.1) is 10.1 Å². The van der Waals surface area contributed by atoms with Gasteiger partial charge in [0.25, 0.3) is 5.69 Å². The molecule has 9 heteroatoms. The lowest BCUT2D eigenvalue weighted by Gasteiger charge is -2.34. The van der Waals surface area contributed by atoms with Crippen molar-refractivity contribution in [2.24, 2.45) is 0 Å². The largest absolute Gasteiger partial charge is 0.354 e. The number of sulfonamides is 1. The Hall–Kier alpha value is -2.52. The molecule has 3 rings (SSSR count). The van der Waals surface area contributed by atoms with Crippen LogP contribution < -0.4 is 4.90 Å². The van der Waals surface area contributed by atoms with Crippen molar-refractivity contribution in [2.45, 2.75) is 0 Å². The molecule has 132 valence electrons. The van der Waals surface area contributed by atoms with Gasteiger partial charge in [0.2, 0.25) is 10.0 Å². The lowest BCUT2D eigenvalue weighted by Crippen LogP contribution is -2.48. The average Bonchev–Trinajstić information content (AvgIpc) is 2.61. The van der Waals surface area contributed by atoms with E-state index < -0.39 is 14.9 Å². The highest BCUT2D eigenvalue weighted by atomic mass is 32.2. The van der Waals surface area contributed by atoms with Gasteiger partial charge in [-0.1, -0.05) is 30.3 Å². The third-order valence-electron chi connectivity index (χ3n) is 4.13. The van der Waals surface area contributed by atoms with E-state index in [1.807, 2.05) is 11.0 Å². The Morgan fingerprint density at radius 3 is 2.24 bits per heavy atom. The van der Waals surface area contributed by atoms with E-state index in [1.165, 1.54) is 16.6 Å². The van der Waals surface area contributed by atoms with Crippen molar-refractivity contribution < 1.29 is 13.3 Å². The smallest absolute Gasteiger partial charge is 0.295 e. The van der Waals surface area contributed by atoms with Crippen LogP contribution in [0.5, 0.6) is 0 Å².